The van der Waals surface area contributed by atoms with Crippen molar-refractivity contribution < 1.29 is 9.59 Å². The third-order valence-electron chi connectivity index (χ3n) is 4.33. The Morgan fingerprint density at radius 2 is 1.85 bits per heavy atom. The number of para-hydroxylation sites is 1. The number of amides is 2. The average Bonchev–Trinajstić information content (AvgIpc) is 3.19. The van der Waals surface area contributed by atoms with Gasteiger partial charge in [0.15, 0.2) is 0 Å². The van der Waals surface area contributed by atoms with Gasteiger partial charge in [0.05, 0.1) is 10.6 Å². The number of nitrogens with one attached hydrogen (secondary N) is 1. The predicted molar refractivity (Wildman–Crippen MR) is 108 cm³/mol. The van der Waals surface area contributed by atoms with E-state index >= 15 is 0 Å². The number of aromatic nitrogens is 2. The highest BCUT2D eigenvalue weighted by Crippen LogP contribution is 2.32. The first-order valence-electron chi connectivity index (χ1n) is 8.49. The fraction of sp³-hybridized carbons (Fsp3) is 0.0952. The zero-order valence-electron chi connectivity index (χ0n) is 14.9. The molecule has 0 spiro atoms. The summed E-state index contributed by atoms with van der Waals surface area (Å²) in [5.41, 5.74) is 5.77. The Bertz CT molecular complexity index is 1080. The van der Waals surface area contributed by atoms with Gasteiger partial charge in [-0.1, -0.05) is 42.0 Å². The number of thioether (sulfide) groups is 1. The summed E-state index contributed by atoms with van der Waals surface area (Å²) >= 11 is 0.909. The van der Waals surface area contributed by atoms with Gasteiger partial charge in [0.25, 0.3) is 11.1 Å². The molecule has 134 valence electrons. The third kappa shape index (κ3) is 3.44. The zero-order valence-corrected chi connectivity index (χ0v) is 15.7. The van der Waals surface area contributed by atoms with Gasteiger partial charge in [-0.15, -0.1) is 0 Å². The molecule has 1 fully saturated rings. The lowest BCUT2D eigenvalue weighted by Gasteiger charge is -2.06. The molecule has 1 N–H and O–H groups in total. The Kier molecular flexibility index (Phi) is 4.41. The molecule has 0 unspecified atom stereocenters. The van der Waals surface area contributed by atoms with E-state index in [4.69, 9.17) is 5.10 Å². The van der Waals surface area contributed by atoms with Gasteiger partial charge in [-0.05, 0) is 49.4 Å². The number of hydrogen-bond acceptors (Lipinski definition) is 4. The highest BCUT2D eigenvalue weighted by molar-refractivity contribution is 8.18. The number of nitrogens with zero attached hydrogens (tertiary/aromatic N) is 2. The molecule has 0 radical (unpaired) electrons. The minimum absolute atomic E-state index is 0.352. The van der Waals surface area contributed by atoms with Crippen LogP contribution in [0.5, 0.6) is 0 Å². The van der Waals surface area contributed by atoms with E-state index in [2.05, 4.69) is 11.4 Å². The van der Waals surface area contributed by atoms with Crippen LogP contribution in [-0.2, 0) is 4.79 Å². The minimum atomic E-state index is -0.371. The van der Waals surface area contributed by atoms with Crippen molar-refractivity contribution in [2.24, 2.45) is 0 Å². The average molecular weight is 375 g/mol. The lowest BCUT2D eigenvalue weighted by Crippen LogP contribution is -2.17. The maximum Gasteiger partial charge on any atom is 0.290 e. The Labute approximate surface area is 161 Å². The predicted octanol–water partition coefficient (Wildman–Crippen LogP) is 4.48. The van der Waals surface area contributed by atoms with Crippen LogP contribution in [0.4, 0.5) is 4.79 Å². The molecule has 2 aromatic carbocycles. The zero-order chi connectivity index (χ0) is 19.0. The quantitative estimate of drug-likeness (QED) is 0.686. The van der Waals surface area contributed by atoms with Crippen molar-refractivity contribution in [2.75, 3.05) is 0 Å². The Hall–Kier alpha value is -3.12. The van der Waals surface area contributed by atoms with Crippen LogP contribution in [0.15, 0.2) is 59.6 Å². The first kappa shape index (κ1) is 17.3. The molecule has 2 heterocycles. The summed E-state index contributed by atoms with van der Waals surface area (Å²) in [4.78, 5) is 23.8. The molecular formula is C21H17N3O2S. The summed E-state index contributed by atoms with van der Waals surface area (Å²) in [5.74, 6) is -0.371. The van der Waals surface area contributed by atoms with Crippen molar-refractivity contribution in [3.8, 4) is 16.9 Å². The van der Waals surface area contributed by atoms with E-state index in [0.29, 0.717) is 4.91 Å². The van der Waals surface area contributed by atoms with Crippen molar-refractivity contribution in [3.05, 3.63) is 76.3 Å². The maximum atomic E-state index is 12.0. The monoisotopic (exact) mass is 375 g/mol. The molecule has 1 aromatic heterocycles. The largest absolute Gasteiger partial charge is 0.290 e. The van der Waals surface area contributed by atoms with Gasteiger partial charge >= 0.3 is 0 Å². The molecule has 0 saturated carbocycles. The van der Waals surface area contributed by atoms with Crippen LogP contribution >= 0.6 is 11.8 Å². The molecule has 1 saturated heterocycles. The van der Waals surface area contributed by atoms with E-state index in [0.717, 1.165) is 39.8 Å². The van der Waals surface area contributed by atoms with Gasteiger partial charge in [-0.2, -0.15) is 5.10 Å². The molecule has 27 heavy (non-hydrogen) atoms. The number of benzene rings is 2. The summed E-state index contributed by atoms with van der Waals surface area (Å²) in [6.07, 6.45) is 3.61. The highest BCUT2D eigenvalue weighted by atomic mass is 32.2. The summed E-state index contributed by atoms with van der Waals surface area (Å²) in [7, 11) is 0. The fourth-order valence-electron chi connectivity index (χ4n) is 3.06. The smallest absolute Gasteiger partial charge is 0.282 e. The second kappa shape index (κ2) is 6.89. The third-order valence-corrected chi connectivity index (χ3v) is 5.14. The molecule has 0 atom stereocenters. The van der Waals surface area contributed by atoms with Gasteiger partial charge in [-0.25, -0.2) is 4.68 Å². The maximum absolute atomic E-state index is 12.0. The molecule has 6 heteroatoms. The Morgan fingerprint density at radius 1 is 1.07 bits per heavy atom. The van der Waals surface area contributed by atoms with Crippen LogP contribution in [0.2, 0.25) is 0 Å². The van der Waals surface area contributed by atoms with E-state index in [-0.39, 0.29) is 11.1 Å². The molecule has 5 nitrogen and oxygen atoms in total. The number of hydrogen-bond donors (Lipinski definition) is 1. The summed E-state index contributed by atoms with van der Waals surface area (Å²) < 4.78 is 1.79. The van der Waals surface area contributed by atoms with Crippen molar-refractivity contribution >= 4 is 29.0 Å². The highest BCUT2D eigenvalue weighted by Gasteiger charge is 2.26. The number of imide groups is 1. The number of carbonyl (C=O) groups is 2. The summed E-state index contributed by atoms with van der Waals surface area (Å²) in [5, 5.41) is 6.71. The molecule has 3 aromatic rings. The molecule has 2 amide bonds. The minimum Gasteiger partial charge on any atom is -0.282 e. The van der Waals surface area contributed by atoms with Crippen molar-refractivity contribution in [3.63, 3.8) is 0 Å². The molecule has 0 aliphatic carbocycles. The van der Waals surface area contributed by atoms with Crippen LogP contribution in [0, 0.1) is 13.8 Å². The summed E-state index contributed by atoms with van der Waals surface area (Å²) in [6, 6.07) is 16.0. The van der Waals surface area contributed by atoms with Gasteiger partial charge in [0.2, 0.25) is 0 Å². The van der Waals surface area contributed by atoms with Crippen LogP contribution in [0.1, 0.15) is 16.7 Å². The lowest BCUT2D eigenvalue weighted by molar-refractivity contribution is -0.115. The SMILES string of the molecule is Cc1ccc(-c2nn(-c3ccccc3)cc2/C=C2\SC(=O)NC2=O)c(C)c1. The fourth-order valence-corrected chi connectivity index (χ4v) is 3.73. The lowest BCUT2D eigenvalue weighted by atomic mass is 10.0. The molecule has 4 rings (SSSR count). The van der Waals surface area contributed by atoms with Crippen LogP contribution in [0.25, 0.3) is 23.0 Å². The van der Waals surface area contributed by atoms with Crippen molar-refractivity contribution in [1.29, 1.82) is 0 Å². The molecule has 1 aliphatic rings. The van der Waals surface area contributed by atoms with Crippen LogP contribution < -0.4 is 5.32 Å². The first-order chi connectivity index (χ1) is 13.0. The molecule has 1 aliphatic heterocycles. The van der Waals surface area contributed by atoms with E-state index in [9.17, 15) is 9.59 Å². The topological polar surface area (TPSA) is 64.0 Å². The van der Waals surface area contributed by atoms with Crippen LogP contribution in [-0.4, -0.2) is 20.9 Å². The number of rotatable bonds is 3. The van der Waals surface area contributed by atoms with Gasteiger partial charge in [0.1, 0.15) is 5.69 Å². The second-order valence-corrected chi connectivity index (χ2v) is 7.40. The van der Waals surface area contributed by atoms with E-state index in [1.165, 1.54) is 5.56 Å². The van der Waals surface area contributed by atoms with Gasteiger partial charge in [0, 0.05) is 17.3 Å². The van der Waals surface area contributed by atoms with E-state index in [1.54, 1.807) is 10.8 Å². The van der Waals surface area contributed by atoms with E-state index < -0.39 is 0 Å². The molecular weight excluding hydrogens is 358 g/mol. The molecule has 0 bridgehead atoms. The van der Waals surface area contributed by atoms with Crippen LogP contribution in [0.3, 0.4) is 0 Å². The van der Waals surface area contributed by atoms with Gasteiger partial charge in [-0.3, -0.25) is 14.9 Å². The Balaban J connectivity index is 1.88. The van der Waals surface area contributed by atoms with E-state index in [1.807, 2.05) is 62.5 Å². The summed E-state index contributed by atoms with van der Waals surface area (Å²) in [6.45, 7) is 4.09. The normalized spacial score (nSPS) is 15.4. The van der Waals surface area contributed by atoms with Gasteiger partial charge < -0.3 is 0 Å². The number of aryl methyl sites for hydroxylation is 2. The second-order valence-electron chi connectivity index (χ2n) is 6.38. The first-order valence-corrected chi connectivity index (χ1v) is 9.30. The number of carbonyl (C=O) groups excluding carboxylic acids is 2. The van der Waals surface area contributed by atoms with Crippen molar-refractivity contribution in [2.45, 2.75) is 13.8 Å². The Morgan fingerprint density at radius 3 is 2.52 bits per heavy atom. The standard InChI is InChI=1S/C21H17N3O2S/c1-13-8-9-17(14(2)10-13)19-15(11-18-20(25)22-21(26)27-18)12-24(23-19)16-6-4-3-5-7-16/h3-12H,1-2H3,(H,22,25,26)/b18-11-. The van der Waals surface area contributed by atoms with Crippen molar-refractivity contribution in [1.82, 2.24) is 15.1 Å².